The zero-order chi connectivity index (χ0) is 85.4. The minimum atomic E-state index is 0.739. The minimum absolute atomic E-state index is 0.739. The standard InChI is InChI=1S/C57H36N8O.C56H36N6O2/c1-5-21-37(22-6-1)55-59-49-52(62(55)40-27-11-4-12-28-40)54(65-44-32-16-15-31-43(44)64-42-30-14-13-29-41(42)58-57(64)65)50-51(61(39-25-9-3-10-26-39)56(60-50)38-23-7-2-8-24-38)53(49)63-45-33-17-19-35-47(45)66-48-36-20-18-34-46(48)63;1-3-15-39(16-4-1)61-49-35-44-50(36-43(49)57-55(61)37-27-31-41(32-28-37)59-45-19-7-11-23-51(45)63-52-24-12-8-20-46(52)59)62(40-17-5-2-6-18-40)56(58-44)38-29-33-42(34-30-38)60-47-21-9-13-25-53(47)64-54-26-14-10-22-48(54)60/h1-36H;1-36H. The molecule has 0 fully saturated rings. The average Bonchev–Trinajstić information content (AvgIpc) is 1.51. The maximum absolute atomic E-state index is 6.71. The van der Waals surface area contributed by atoms with E-state index in [1.165, 1.54) is 0 Å². The van der Waals surface area contributed by atoms with Gasteiger partial charge in [0.1, 0.15) is 56.7 Å². The molecule has 612 valence electrons. The summed E-state index contributed by atoms with van der Waals surface area (Å²) in [5.41, 5.74) is 28.3. The number of aromatic nitrogens is 11. The van der Waals surface area contributed by atoms with Crippen molar-refractivity contribution < 1.29 is 14.2 Å². The lowest BCUT2D eigenvalue weighted by atomic mass is 10.1. The normalized spacial score (nSPS) is 12.4. The van der Waals surface area contributed by atoms with Crippen molar-refractivity contribution >= 4 is 123 Å². The number of para-hydroxylation sites is 20. The van der Waals surface area contributed by atoms with Crippen LogP contribution >= 0.6 is 0 Å². The first kappa shape index (κ1) is 73.4. The van der Waals surface area contributed by atoms with E-state index in [4.69, 9.17) is 39.1 Å². The van der Waals surface area contributed by atoms with Gasteiger partial charge in [-0.3, -0.25) is 32.1 Å². The molecule has 27 rings (SSSR count). The van der Waals surface area contributed by atoms with Crippen molar-refractivity contribution in [2.45, 2.75) is 0 Å². The molecule has 24 aromatic rings. The molecule has 0 amide bonds. The second-order valence-corrected chi connectivity index (χ2v) is 32.4. The van der Waals surface area contributed by atoms with Gasteiger partial charge >= 0.3 is 0 Å². The van der Waals surface area contributed by atoms with Crippen molar-refractivity contribution in [1.29, 1.82) is 0 Å². The van der Waals surface area contributed by atoms with Gasteiger partial charge in [0.25, 0.3) is 0 Å². The number of rotatable bonds is 12. The molecule has 0 saturated heterocycles. The summed E-state index contributed by atoms with van der Waals surface area (Å²) in [5, 5.41) is 0. The molecule has 0 unspecified atom stereocenters. The lowest BCUT2D eigenvalue weighted by Gasteiger charge is -2.33. The highest BCUT2D eigenvalue weighted by atomic mass is 16.5. The number of anilines is 9. The number of hydrogen-bond donors (Lipinski definition) is 0. The van der Waals surface area contributed by atoms with Crippen LogP contribution in [0, 0.1) is 0 Å². The van der Waals surface area contributed by atoms with Crippen LogP contribution in [0.4, 0.5) is 51.2 Å². The molecule has 9 heterocycles. The summed E-state index contributed by atoms with van der Waals surface area (Å²) in [6, 6.07) is 151. The predicted octanol–water partition coefficient (Wildman–Crippen LogP) is 28.9. The maximum Gasteiger partial charge on any atom is 0.220 e. The second-order valence-electron chi connectivity index (χ2n) is 32.4. The molecule has 18 aromatic carbocycles. The smallest absolute Gasteiger partial charge is 0.220 e. The van der Waals surface area contributed by atoms with E-state index < -0.39 is 0 Å². The SMILES string of the molecule is c1ccc(-c2nc3c(-n4c5ccccc5n5c6ccccc6nc45)c4c(nc(-c5ccccc5)n4-c4ccccc4)c(N4c5ccccc5Oc5ccccc54)c3n2-c2ccccc2)cc1.c1ccc(-n2c(-c3ccc(N4c5ccccc5Oc5ccccc54)cc3)nc3cc4c(cc32)nc(-c2ccc(N3c5ccccc5Oc5ccccc53)cc2)n4-c2ccccc2)cc1. The Morgan fingerprint density at radius 2 is 0.477 bits per heavy atom. The lowest BCUT2D eigenvalue weighted by Crippen LogP contribution is -2.18. The maximum atomic E-state index is 6.71. The molecule has 0 saturated carbocycles. The molecule has 0 bridgehead atoms. The molecule has 130 heavy (non-hydrogen) atoms. The number of imidazole rings is 6. The van der Waals surface area contributed by atoms with E-state index in [0.717, 1.165) is 232 Å². The summed E-state index contributed by atoms with van der Waals surface area (Å²) in [5.74, 6) is 8.80. The van der Waals surface area contributed by atoms with E-state index in [1.54, 1.807) is 0 Å². The van der Waals surface area contributed by atoms with E-state index in [2.05, 4.69) is 370 Å². The van der Waals surface area contributed by atoms with Crippen LogP contribution in [-0.2, 0) is 0 Å². The Morgan fingerprint density at radius 3 is 0.869 bits per heavy atom. The van der Waals surface area contributed by atoms with Crippen LogP contribution in [0.2, 0.25) is 0 Å². The first-order valence-corrected chi connectivity index (χ1v) is 43.4. The van der Waals surface area contributed by atoms with Gasteiger partial charge in [-0.2, -0.15) is 0 Å². The molecule has 3 aliphatic heterocycles. The van der Waals surface area contributed by atoms with Gasteiger partial charge in [0.15, 0.2) is 34.5 Å². The van der Waals surface area contributed by atoms with Crippen LogP contribution < -0.4 is 28.9 Å². The third-order valence-corrected chi connectivity index (χ3v) is 24.8. The van der Waals surface area contributed by atoms with E-state index in [-0.39, 0.29) is 0 Å². The fourth-order valence-corrected chi connectivity index (χ4v) is 19.2. The zero-order valence-electron chi connectivity index (χ0n) is 69.6. The third kappa shape index (κ3) is 11.7. The number of nitrogens with zero attached hydrogens (tertiary/aromatic N) is 14. The van der Waals surface area contributed by atoms with E-state index in [1.807, 2.05) is 109 Å². The predicted molar refractivity (Wildman–Crippen MR) is 521 cm³/mol. The highest BCUT2D eigenvalue weighted by Gasteiger charge is 2.38. The molecular weight excluding hydrogens is 1600 g/mol. The van der Waals surface area contributed by atoms with Crippen LogP contribution in [-0.4, -0.2) is 52.2 Å². The van der Waals surface area contributed by atoms with Crippen LogP contribution in [0.15, 0.2) is 437 Å². The molecule has 17 heteroatoms. The summed E-state index contributed by atoms with van der Waals surface area (Å²) in [6.07, 6.45) is 0. The van der Waals surface area contributed by atoms with Crippen LogP contribution in [0.5, 0.6) is 34.5 Å². The monoisotopic (exact) mass is 1670 g/mol. The number of ether oxygens (including phenoxy) is 3. The fraction of sp³-hybridized carbons (Fsp3) is 0. The van der Waals surface area contributed by atoms with E-state index in [9.17, 15) is 0 Å². The quantitative estimate of drug-likeness (QED) is 0.116. The topological polar surface area (TPSA) is 131 Å². The number of benzene rings is 18. The second kappa shape index (κ2) is 29.8. The average molecular weight is 1670 g/mol. The van der Waals surface area contributed by atoms with Gasteiger partial charge in [-0.15, -0.1) is 0 Å². The highest BCUT2D eigenvalue weighted by Crippen LogP contribution is 2.58. The van der Waals surface area contributed by atoms with Gasteiger partial charge < -0.3 is 24.0 Å². The summed E-state index contributed by atoms with van der Waals surface area (Å²) in [7, 11) is 0. The Balaban J connectivity index is 0.000000137. The molecule has 17 nitrogen and oxygen atoms in total. The van der Waals surface area contributed by atoms with Gasteiger partial charge in [-0.25, -0.2) is 24.9 Å². The Hall–Kier alpha value is -18.1. The summed E-state index contributed by atoms with van der Waals surface area (Å²) in [4.78, 5) is 35.0. The third-order valence-electron chi connectivity index (χ3n) is 24.8. The molecular formula is C113H72N14O3. The van der Waals surface area contributed by atoms with Crippen molar-refractivity contribution in [3.63, 3.8) is 0 Å². The van der Waals surface area contributed by atoms with Gasteiger partial charge in [0.05, 0.1) is 78.3 Å². The number of fused-ring (bicyclic) bond motifs is 15. The Kier molecular flexibility index (Phi) is 16.9. The Labute approximate surface area is 744 Å². The van der Waals surface area contributed by atoms with Crippen LogP contribution in [0.1, 0.15) is 0 Å². The molecule has 0 radical (unpaired) electrons. The van der Waals surface area contributed by atoms with E-state index in [0.29, 0.717) is 0 Å². The van der Waals surface area contributed by atoms with Crippen LogP contribution in [0.3, 0.4) is 0 Å². The van der Waals surface area contributed by atoms with Crippen molar-refractivity contribution in [3.8, 4) is 108 Å². The first-order valence-electron chi connectivity index (χ1n) is 43.4. The molecule has 0 atom stereocenters. The summed E-state index contributed by atoms with van der Waals surface area (Å²) >= 11 is 0. The highest BCUT2D eigenvalue weighted by molar-refractivity contribution is 6.19. The summed E-state index contributed by atoms with van der Waals surface area (Å²) < 4.78 is 33.0. The van der Waals surface area contributed by atoms with Crippen molar-refractivity contribution in [3.05, 3.63) is 437 Å². The fourth-order valence-electron chi connectivity index (χ4n) is 19.2. The Morgan fingerprint density at radius 1 is 0.185 bits per heavy atom. The van der Waals surface area contributed by atoms with Gasteiger partial charge in [-0.1, -0.05) is 231 Å². The van der Waals surface area contributed by atoms with Crippen molar-refractivity contribution in [2.75, 3.05) is 14.7 Å². The van der Waals surface area contributed by atoms with Crippen LogP contribution in [0.25, 0.3) is 146 Å². The Bertz CT molecular complexity index is 8170. The van der Waals surface area contributed by atoms with Crippen molar-refractivity contribution in [2.24, 2.45) is 0 Å². The molecule has 6 aromatic heterocycles. The van der Waals surface area contributed by atoms with Gasteiger partial charge in [0.2, 0.25) is 5.78 Å². The molecule has 0 N–H and O–H groups in total. The summed E-state index contributed by atoms with van der Waals surface area (Å²) in [6.45, 7) is 0. The molecule has 0 spiro atoms. The first-order chi connectivity index (χ1) is 64.5. The zero-order valence-corrected chi connectivity index (χ0v) is 69.6. The van der Waals surface area contributed by atoms with Crippen molar-refractivity contribution in [1.82, 2.24) is 52.2 Å². The van der Waals surface area contributed by atoms with Gasteiger partial charge in [-0.05, 0) is 206 Å². The largest absolute Gasteiger partial charge is 0.453 e. The number of hydrogen-bond acceptors (Lipinski definition) is 11. The van der Waals surface area contributed by atoms with E-state index >= 15 is 0 Å². The van der Waals surface area contributed by atoms with Gasteiger partial charge in [0, 0.05) is 56.4 Å². The lowest BCUT2D eigenvalue weighted by molar-refractivity contribution is 0.477. The molecule has 0 aliphatic carbocycles. The minimum Gasteiger partial charge on any atom is -0.453 e. The molecule has 3 aliphatic rings.